The standard InChI is InChI=1S/C18H22ClN5O/c1-14(15-5-2-3-6-16(15)19)22-17(25)13-23-9-11-24(12-10-23)18-20-7-4-8-21-18/h2-8,14H,9-13H2,1H3,(H,22,25)/p+1/t14-/m0/s1. The number of carbonyl (C=O) groups is 1. The maximum Gasteiger partial charge on any atom is 0.275 e. The molecule has 3 rings (SSSR count). The van der Waals surface area contributed by atoms with Crippen molar-refractivity contribution in [2.45, 2.75) is 13.0 Å². The molecule has 132 valence electrons. The molecular formula is C18H23ClN5O+. The molecule has 2 N–H and O–H groups in total. The van der Waals surface area contributed by atoms with Crippen LogP contribution in [0.4, 0.5) is 5.95 Å². The van der Waals surface area contributed by atoms with E-state index >= 15 is 0 Å². The van der Waals surface area contributed by atoms with Crippen molar-refractivity contribution in [1.29, 1.82) is 0 Å². The van der Waals surface area contributed by atoms with Gasteiger partial charge in [-0.3, -0.25) is 4.79 Å². The Kier molecular flexibility index (Phi) is 5.83. The highest BCUT2D eigenvalue weighted by atomic mass is 35.5. The van der Waals surface area contributed by atoms with Gasteiger partial charge in [0, 0.05) is 17.4 Å². The fourth-order valence-corrected chi connectivity index (χ4v) is 3.38. The van der Waals surface area contributed by atoms with Crippen LogP contribution in [0.5, 0.6) is 0 Å². The van der Waals surface area contributed by atoms with Gasteiger partial charge in [-0.1, -0.05) is 29.8 Å². The van der Waals surface area contributed by atoms with Gasteiger partial charge in [0.25, 0.3) is 5.91 Å². The van der Waals surface area contributed by atoms with Crippen molar-refractivity contribution in [3.8, 4) is 0 Å². The SMILES string of the molecule is C[C@H](NC(=O)C[NH+]1CCN(c2ncccn2)CC1)c1ccccc1Cl. The number of benzene rings is 1. The molecule has 0 spiro atoms. The predicted octanol–water partition coefficient (Wildman–Crippen LogP) is 0.712. The Morgan fingerprint density at radius 2 is 1.92 bits per heavy atom. The molecule has 0 saturated carbocycles. The molecule has 0 unspecified atom stereocenters. The fraction of sp³-hybridized carbons (Fsp3) is 0.389. The van der Waals surface area contributed by atoms with Gasteiger partial charge in [-0.15, -0.1) is 0 Å². The number of quaternary nitrogens is 1. The number of nitrogens with zero attached hydrogens (tertiary/aromatic N) is 3. The highest BCUT2D eigenvalue weighted by Crippen LogP contribution is 2.21. The summed E-state index contributed by atoms with van der Waals surface area (Å²) in [5, 5.41) is 3.72. The van der Waals surface area contributed by atoms with Crippen molar-refractivity contribution in [3.63, 3.8) is 0 Å². The highest BCUT2D eigenvalue weighted by Gasteiger charge is 2.24. The van der Waals surface area contributed by atoms with Gasteiger partial charge >= 0.3 is 0 Å². The molecule has 1 aromatic carbocycles. The summed E-state index contributed by atoms with van der Waals surface area (Å²) in [5.74, 6) is 0.810. The van der Waals surface area contributed by atoms with Crippen LogP contribution in [0.15, 0.2) is 42.7 Å². The van der Waals surface area contributed by atoms with Crippen LogP contribution in [0, 0.1) is 0 Å². The van der Waals surface area contributed by atoms with Crippen molar-refractivity contribution in [2.24, 2.45) is 0 Å². The fourth-order valence-electron chi connectivity index (χ4n) is 3.08. The molecule has 25 heavy (non-hydrogen) atoms. The van der Waals surface area contributed by atoms with Crippen molar-refractivity contribution >= 4 is 23.5 Å². The molecule has 6 nitrogen and oxygen atoms in total. The first kappa shape index (κ1) is 17.6. The normalized spacial score (nSPS) is 16.5. The number of aromatic nitrogens is 2. The van der Waals surface area contributed by atoms with Crippen LogP contribution in [-0.2, 0) is 4.79 Å². The Bertz CT molecular complexity index is 704. The van der Waals surface area contributed by atoms with Gasteiger partial charge in [-0.2, -0.15) is 0 Å². The van der Waals surface area contributed by atoms with Crippen molar-refractivity contribution in [1.82, 2.24) is 15.3 Å². The van der Waals surface area contributed by atoms with Gasteiger partial charge in [0.2, 0.25) is 5.95 Å². The Morgan fingerprint density at radius 1 is 1.24 bits per heavy atom. The van der Waals surface area contributed by atoms with Gasteiger partial charge in [0.1, 0.15) is 0 Å². The molecule has 0 aliphatic carbocycles. The number of piperazine rings is 1. The van der Waals surface area contributed by atoms with E-state index in [0.717, 1.165) is 37.7 Å². The van der Waals surface area contributed by atoms with E-state index in [4.69, 9.17) is 11.6 Å². The average Bonchev–Trinajstić information content (AvgIpc) is 2.63. The van der Waals surface area contributed by atoms with Crippen molar-refractivity contribution in [2.75, 3.05) is 37.6 Å². The van der Waals surface area contributed by atoms with Crippen LogP contribution < -0.4 is 15.1 Å². The summed E-state index contributed by atoms with van der Waals surface area (Å²) in [6.07, 6.45) is 3.51. The van der Waals surface area contributed by atoms with E-state index in [1.807, 2.05) is 37.3 Å². The van der Waals surface area contributed by atoms with Crippen molar-refractivity contribution in [3.05, 3.63) is 53.3 Å². The molecule has 1 saturated heterocycles. The van der Waals surface area contributed by atoms with Crippen LogP contribution >= 0.6 is 11.6 Å². The highest BCUT2D eigenvalue weighted by molar-refractivity contribution is 6.31. The van der Waals surface area contributed by atoms with Gasteiger partial charge in [-0.25, -0.2) is 9.97 Å². The second-order valence-corrected chi connectivity index (χ2v) is 6.68. The third-order valence-corrected chi connectivity index (χ3v) is 4.81. The number of hydrogen-bond donors (Lipinski definition) is 2. The smallest absolute Gasteiger partial charge is 0.275 e. The first-order valence-corrected chi connectivity index (χ1v) is 8.90. The van der Waals surface area contributed by atoms with Crippen molar-refractivity contribution < 1.29 is 9.69 Å². The van der Waals surface area contributed by atoms with Crippen LogP contribution in [-0.4, -0.2) is 48.6 Å². The summed E-state index contributed by atoms with van der Waals surface area (Å²) in [5.41, 5.74) is 0.943. The molecule has 0 radical (unpaired) electrons. The number of amides is 1. The van der Waals surface area contributed by atoms with Crippen LogP contribution in [0.25, 0.3) is 0 Å². The zero-order valence-corrected chi connectivity index (χ0v) is 15.0. The van der Waals surface area contributed by atoms with E-state index in [9.17, 15) is 4.79 Å². The van der Waals surface area contributed by atoms with E-state index in [-0.39, 0.29) is 11.9 Å². The van der Waals surface area contributed by atoms with Gasteiger partial charge in [0.05, 0.1) is 32.2 Å². The quantitative estimate of drug-likeness (QED) is 0.824. The summed E-state index contributed by atoms with van der Waals surface area (Å²) in [7, 11) is 0. The molecule has 2 heterocycles. The summed E-state index contributed by atoms with van der Waals surface area (Å²) in [6, 6.07) is 9.32. The third kappa shape index (κ3) is 4.67. The zero-order chi connectivity index (χ0) is 17.6. The first-order valence-electron chi connectivity index (χ1n) is 8.53. The molecule has 7 heteroatoms. The molecule has 1 aliphatic rings. The molecule has 1 fully saturated rings. The van der Waals surface area contributed by atoms with Gasteiger partial charge in [0.15, 0.2) is 6.54 Å². The number of anilines is 1. The average molecular weight is 361 g/mol. The molecule has 0 bridgehead atoms. The van der Waals surface area contributed by atoms with Crippen LogP contribution in [0.3, 0.4) is 0 Å². The number of rotatable bonds is 5. The van der Waals surface area contributed by atoms with E-state index < -0.39 is 0 Å². The maximum absolute atomic E-state index is 12.3. The minimum absolute atomic E-state index is 0.0480. The van der Waals surface area contributed by atoms with E-state index in [1.165, 1.54) is 4.90 Å². The molecule has 1 amide bonds. The predicted molar refractivity (Wildman–Crippen MR) is 97.8 cm³/mol. The molecule has 2 aromatic rings. The Hall–Kier alpha value is -2.18. The van der Waals surface area contributed by atoms with Crippen LogP contribution in [0.1, 0.15) is 18.5 Å². The Labute approximate surface area is 152 Å². The summed E-state index contributed by atoms with van der Waals surface area (Å²) in [6.45, 7) is 5.93. The summed E-state index contributed by atoms with van der Waals surface area (Å²) in [4.78, 5) is 24.3. The van der Waals surface area contributed by atoms with E-state index in [1.54, 1.807) is 12.4 Å². The largest absolute Gasteiger partial charge is 0.345 e. The van der Waals surface area contributed by atoms with E-state index in [0.29, 0.717) is 11.6 Å². The zero-order valence-electron chi connectivity index (χ0n) is 14.3. The maximum atomic E-state index is 12.3. The van der Waals surface area contributed by atoms with E-state index in [2.05, 4.69) is 20.2 Å². The topological polar surface area (TPSA) is 62.6 Å². The Morgan fingerprint density at radius 3 is 2.60 bits per heavy atom. The third-order valence-electron chi connectivity index (χ3n) is 4.47. The molecular weight excluding hydrogens is 338 g/mol. The van der Waals surface area contributed by atoms with Crippen LogP contribution in [0.2, 0.25) is 5.02 Å². The lowest BCUT2D eigenvalue weighted by Crippen LogP contribution is -3.16. The second-order valence-electron chi connectivity index (χ2n) is 6.27. The first-order chi connectivity index (χ1) is 12.1. The molecule has 1 aromatic heterocycles. The van der Waals surface area contributed by atoms with Gasteiger partial charge < -0.3 is 15.1 Å². The Balaban J connectivity index is 1.47. The summed E-state index contributed by atoms with van der Waals surface area (Å²) < 4.78 is 0. The number of hydrogen-bond acceptors (Lipinski definition) is 4. The lowest BCUT2D eigenvalue weighted by Gasteiger charge is -2.32. The molecule has 1 aliphatic heterocycles. The molecule has 1 atom stereocenters. The monoisotopic (exact) mass is 360 g/mol. The summed E-state index contributed by atoms with van der Waals surface area (Å²) >= 11 is 6.19. The lowest BCUT2D eigenvalue weighted by molar-refractivity contribution is -0.892. The second kappa shape index (κ2) is 8.27. The minimum atomic E-state index is -0.0976. The number of halogens is 1. The number of nitrogens with one attached hydrogen (secondary N) is 2. The minimum Gasteiger partial charge on any atom is -0.345 e. The lowest BCUT2D eigenvalue weighted by atomic mass is 10.1. The van der Waals surface area contributed by atoms with Gasteiger partial charge in [-0.05, 0) is 24.6 Å². The number of carbonyl (C=O) groups excluding carboxylic acids is 1.